The monoisotopic (exact) mass is 323 g/mol. The van der Waals surface area contributed by atoms with Gasteiger partial charge in [-0.25, -0.2) is 4.39 Å². The smallest absolute Gasteiger partial charge is 0.258 e. The van der Waals surface area contributed by atoms with Crippen molar-refractivity contribution in [3.63, 3.8) is 0 Å². The molecule has 0 saturated heterocycles. The minimum atomic E-state index is -0.549. The minimum absolute atomic E-state index is 0.00874. The number of amides is 1. The molecular weight excluding hydrogens is 313 g/mol. The van der Waals surface area contributed by atoms with E-state index in [-0.39, 0.29) is 5.56 Å². The first-order chi connectivity index (χ1) is 9.11. The molecular formula is C14H11BrFNO2. The van der Waals surface area contributed by atoms with Crippen LogP contribution in [0.25, 0.3) is 0 Å². The number of benzene rings is 2. The fraction of sp³-hybridized carbons (Fsp3) is 0.0714. The van der Waals surface area contributed by atoms with Crippen molar-refractivity contribution in [2.75, 3.05) is 12.4 Å². The van der Waals surface area contributed by atoms with Crippen molar-refractivity contribution in [1.82, 2.24) is 0 Å². The number of rotatable bonds is 3. The molecule has 19 heavy (non-hydrogen) atoms. The second-order valence-electron chi connectivity index (χ2n) is 3.78. The summed E-state index contributed by atoms with van der Waals surface area (Å²) in [5.41, 5.74) is 0.565. The Balaban J connectivity index is 2.20. The Morgan fingerprint density at radius 2 is 2.00 bits per heavy atom. The standard InChI is InChI=1S/C14H11BrFNO2/c1-19-13-7-6-9(8-11(13)15)17-14(18)10-4-2-3-5-12(10)16/h2-8H,1H3,(H,17,18). The molecule has 0 saturated carbocycles. The van der Waals surface area contributed by atoms with Gasteiger partial charge in [0, 0.05) is 5.69 Å². The van der Waals surface area contributed by atoms with Crippen molar-refractivity contribution >= 4 is 27.5 Å². The van der Waals surface area contributed by atoms with E-state index in [9.17, 15) is 9.18 Å². The van der Waals surface area contributed by atoms with Crippen LogP contribution in [0.2, 0.25) is 0 Å². The van der Waals surface area contributed by atoms with Crippen molar-refractivity contribution in [1.29, 1.82) is 0 Å². The lowest BCUT2D eigenvalue weighted by molar-refractivity contribution is 0.102. The zero-order chi connectivity index (χ0) is 13.8. The zero-order valence-corrected chi connectivity index (χ0v) is 11.7. The quantitative estimate of drug-likeness (QED) is 0.931. The number of carbonyl (C=O) groups is 1. The van der Waals surface area contributed by atoms with Crippen LogP contribution in [0.5, 0.6) is 5.75 Å². The first-order valence-electron chi connectivity index (χ1n) is 5.51. The highest BCUT2D eigenvalue weighted by Crippen LogP contribution is 2.27. The molecule has 0 spiro atoms. The summed E-state index contributed by atoms with van der Waals surface area (Å²) < 4.78 is 19.2. The summed E-state index contributed by atoms with van der Waals surface area (Å²) in [7, 11) is 1.55. The number of hydrogen-bond acceptors (Lipinski definition) is 2. The average molecular weight is 324 g/mol. The number of halogens is 2. The second kappa shape index (κ2) is 5.84. The van der Waals surface area contributed by atoms with Gasteiger partial charge < -0.3 is 10.1 Å². The van der Waals surface area contributed by atoms with Crippen LogP contribution in [-0.4, -0.2) is 13.0 Å². The van der Waals surface area contributed by atoms with Gasteiger partial charge in [-0.05, 0) is 46.3 Å². The maximum atomic E-state index is 13.5. The van der Waals surface area contributed by atoms with Gasteiger partial charge in [-0.3, -0.25) is 4.79 Å². The van der Waals surface area contributed by atoms with Gasteiger partial charge in [0.25, 0.3) is 5.91 Å². The summed E-state index contributed by atoms with van der Waals surface area (Å²) in [6.45, 7) is 0. The third-order valence-corrected chi connectivity index (χ3v) is 3.15. The molecule has 2 aromatic carbocycles. The van der Waals surface area contributed by atoms with Crippen LogP contribution in [0.15, 0.2) is 46.9 Å². The number of carbonyl (C=O) groups excluding carboxylic acids is 1. The van der Waals surface area contributed by atoms with Gasteiger partial charge in [0.2, 0.25) is 0 Å². The predicted octanol–water partition coefficient (Wildman–Crippen LogP) is 3.85. The van der Waals surface area contributed by atoms with E-state index >= 15 is 0 Å². The van der Waals surface area contributed by atoms with E-state index < -0.39 is 11.7 Å². The lowest BCUT2D eigenvalue weighted by atomic mass is 10.2. The molecule has 0 fully saturated rings. The highest BCUT2D eigenvalue weighted by atomic mass is 79.9. The number of nitrogens with one attached hydrogen (secondary N) is 1. The molecule has 0 bridgehead atoms. The molecule has 1 N–H and O–H groups in total. The molecule has 0 atom stereocenters. The number of ether oxygens (including phenoxy) is 1. The van der Waals surface area contributed by atoms with Crippen molar-refractivity contribution < 1.29 is 13.9 Å². The summed E-state index contributed by atoms with van der Waals surface area (Å²) in [6.07, 6.45) is 0. The number of anilines is 1. The van der Waals surface area contributed by atoms with Gasteiger partial charge in [0.05, 0.1) is 17.1 Å². The third-order valence-electron chi connectivity index (χ3n) is 2.53. The van der Waals surface area contributed by atoms with Crippen LogP contribution in [0, 0.1) is 5.82 Å². The molecule has 98 valence electrons. The first kappa shape index (κ1) is 13.5. The molecule has 0 aliphatic rings. The van der Waals surface area contributed by atoms with Gasteiger partial charge in [-0.15, -0.1) is 0 Å². The third kappa shape index (κ3) is 3.12. The highest BCUT2D eigenvalue weighted by Gasteiger charge is 2.11. The Bertz CT molecular complexity index is 616. The Hall–Kier alpha value is -1.88. The number of hydrogen-bond donors (Lipinski definition) is 1. The summed E-state index contributed by atoms with van der Waals surface area (Å²) in [5.74, 6) is -0.383. The summed E-state index contributed by atoms with van der Waals surface area (Å²) >= 11 is 3.32. The van der Waals surface area contributed by atoms with E-state index in [4.69, 9.17) is 4.74 Å². The molecule has 2 aromatic rings. The second-order valence-corrected chi connectivity index (χ2v) is 4.64. The molecule has 0 heterocycles. The van der Waals surface area contributed by atoms with Crippen LogP contribution >= 0.6 is 15.9 Å². The largest absolute Gasteiger partial charge is 0.496 e. The van der Waals surface area contributed by atoms with Crippen LogP contribution < -0.4 is 10.1 Å². The zero-order valence-electron chi connectivity index (χ0n) is 10.1. The molecule has 2 rings (SSSR count). The average Bonchev–Trinajstić information content (AvgIpc) is 2.39. The Morgan fingerprint density at radius 1 is 1.26 bits per heavy atom. The van der Waals surface area contributed by atoms with Crippen molar-refractivity contribution in [2.45, 2.75) is 0 Å². The van der Waals surface area contributed by atoms with Crippen molar-refractivity contribution in [3.8, 4) is 5.75 Å². The molecule has 0 radical (unpaired) electrons. The maximum Gasteiger partial charge on any atom is 0.258 e. The van der Waals surface area contributed by atoms with Crippen LogP contribution in [-0.2, 0) is 0 Å². The normalized spacial score (nSPS) is 10.1. The SMILES string of the molecule is COc1ccc(NC(=O)c2ccccc2F)cc1Br. The predicted molar refractivity (Wildman–Crippen MR) is 75.0 cm³/mol. The number of methoxy groups -OCH3 is 1. The Morgan fingerprint density at radius 3 is 2.63 bits per heavy atom. The van der Waals surface area contributed by atoms with E-state index in [0.29, 0.717) is 15.9 Å². The summed E-state index contributed by atoms with van der Waals surface area (Å²) in [4.78, 5) is 11.9. The fourth-order valence-corrected chi connectivity index (χ4v) is 2.13. The molecule has 3 nitrogen and oxygen atoms in total. The summed E-state index contributed by atoms with van der Waals surface area (Å²) in [5, 5.41) is 2.63. The van der Waals surface area contributed by atoms with Crippen LogP contribution in [0.3, 0.4) is 0 Å². The Kier molecular flexibility index (Phi) is 4.16. The molecule has 0 aliphatic heterocycles. The van der Waals surface area contributed by atoms with Gasteiger partial charge in [0.1, 0.15) is 11.6 Å². The van der Waals surface area contributed by atoms with Crippen LogP contribution in [0.4, 0.5) is 10.1 Å². The van der Waals surface area contributed by atoms with E-state index in [1.807, 2.05) is 0 Å². The van der Waals surface area contributed by atoms with Crippen LogP contribution in [0.1, 0.15) is 10.4 Å². The van der Waals surface area contributed by atoms with E-state index in [1.165, 1.54) is 18.2 Å². The maximum absolute atomic E-state index is 13.5. The van der Waals surface area contributed by atoms with E-state index in [2.05, 4.69) is 21.2 Å². The highest BCUT2D eigenvalue weighted by molar-refractivity contribution is 9.10. The van der Waals surface area contributed by atoms with Crippen molar-refractivity contribution in [3.05, 3.63) is 58.3 Å². The lowest BCUT2D eigenvalue weighted by Gasteiger charge is -2.08. The first-order valence-corrected chi connectivity index (χ1v) is 6.30. The minimum Gasteiger partial charge on any atom is -0.496 e. The van der Waals surface area contributed by atoms with Gasteiger partial charge in [-0.2, -0.15) is 0 Å². The van der Waals surface area contributed by atoms with Gasteiger partial charge in [-0.1, -0.05) is 12.1 Å². The lowest BCUT2D eigenvalue weighted by Crippen LogP contribution is -2.13. The molecule has 1 amide bonds. The van der Waals surface area contributed by atoms with Gasteiger partial charge in [0.15, 0.2) is 0 Å². The molecule has 0 aliphatic carbocycles. The van der Waals surface area contributed by atoms with Crippen molar-refractivity contribution in [2.24, 2.45) is 0 Å². The summed E-state index contributed by atoms with van der Waals surface area (Å²) in [6, 6.07) is 10.9. The van der Waals surface area contributed by atoms with E-state index in [0.717, 1.165) is 0 Å². The Labute approximate surface area is 118 Å². The van der Waals surface area contributed by atoms with Gasteiger partial charge >= 0.3 is 0 Å². The molecule has 0 aromatic heterocycles. The van der Waals surface area contributed by atoms with E-state index in [1.54, 1.807) is 31.4 Å². The topological polar surface area (TPSA) is 38.3 Å². The molecule has 0 unspecified atom stereocenters. The fourth-order valence-electron chi connectivity index (χ4n) is 1.59. The molecule has 5 heteroatoms.